The van der Waals surface area contributed by atoms with Crippen molar-refractivity contribution in [2.75, 3.05) is 0 Å². The predicted molar refractivity (Wildman–Crippen MR) is 81.2 cm³/mol. The zero-order chi connectivity index (χ0) is 14.0. The summed E-state index contributed by atoms with van der Waals surface area (Å²) in [4.78, 5) is 4.84. The molecule has 1 heterocycles. The standard InChI is InChI=1S/C16H25N3/c1-5-10-19-14-9-8-12(4)11-13(14)18-15(19)16(17,6-2)7-3/h8-9,11H,5-7,10,17H2,1-4H3. The van der Waals surface area contributed by atoms with Gasteiger partial charge in [0.2, 0.25) is 0 Å². The van der Waals surface area contributed by atoms with Crippen LogP contribution < -0.4 is 5.73 Å². The Morgan fingerprint density at radius 3 is 2.47 bits per heavy atom. The molecule has 0 saturated carbocycles. The summed E-state index contributed by atoms with van der Waals surface area (Å²) in [5.74, 6) is 1.04. The maximum absolute atomic E-state index is 6.57. The molecule has 1 aromatic carbocycles. The van der Waals surface area contributed by atoms with Crippen molar-refractivity contribution in [3.8, 4) is 0 Å². The lowest BCUT2D eigenvalue weighted by Crippen LogP contribution is -2.38. The summed E-state index contributed by atoms with van der Waals surface area (Å²) in [6.07, 6.45) is 2.92. The average molecular weight is 259 g/mol. The molecule has 0 spiro atoms. The highest BCUT2D eigenvalue weighted by molar-refractivity contribution is 5.77. The van der Waals surface area contributed by atoms with E-state index in [1.807, 2.05) is 0 Å². The van der Waals surface area contributed by atoms with Gasteiger partial charge in [-0.25, -0.2) is 4.98 Å². The molecule has 0 aliphatic heterocycles. The van der Waals surface area contributed by atoms with Crippen molar-refractivity contribution in [2.24, 2.45) is 5.73 Å². The fourth-order valence-electron chi connectivity index (χ4n) is 2.64. The number of aryl methyl sites for hydroxylation is 2. The van der Waals surface area contributed by atoms with Gasteiger partial charge >= 0.3 is 0 Å². The molecule has 0 aliphatic rings. The Balaban J connectivity index is 2.68. The molecule has 19 heavy (non-hydrogen) atoms. The number of imidazole rings is 1. The molecule has 3 heteroatoms. The number of rotatable bonds is 5. The fraction of sp³-hybridized carbons (Fsp3) is 0.562. The number of nitrogens with zero attached hydrogens (tertiary/aromatic N) is 2. The first kappa shape index (κ1) is 14.1. The Bertz CT molecular complexity index is 565. The summed E-state index contributed by atoms with van der Waals surface area (Å²) >= 11 is 0. The topological polar surface area (TPSA) is 43.8 Å². The molecule has 0 amide bonds. The molecule has 2 aromatic rings. The predicted octanol–water partition coefficient (Wildman–Crippen LogP) is 3.73. The second-order valence-electron chi connectivity index (χ2n) is 5.44. The molecule has 0 saturated heterocycles. The van der Waals surface area contributed by atoms with E-state index in [-0.39, 0.29) is 5.54 Å². The van der Waals surface area contributed by atoms with Gasteiger partial charge in [0.1, 0.15) is 5.82 Å². The minimum absolute atomic E-state index is 0.317. The van der Waals surface area contributed by atoms with Crippen LogP contribution in [0.4, 0.5) is 0 Å². The molecule has 2 rings (SSSR count). The molecule has 0 radical (unpaired) electrons. The zero-order valence-electron chi connectivity index (χ0n) is 12.5. The van der Waals surface area contributed by atoms with Gasteiger partial charge in [-0.2, -0.15) is 0 Å². The lowest BCUT2D eigenvalue weighted by molar-refractivity contribution is 0.370. The lowest BCUT2D eigenvalue weighted by atomic mass is 9.93. The van der Waals surface area contributed by atoms with E-state index in [0.717, 1.165) is 37.1 Å². The number of aromatic nitrogens is 2. The lowest BCUT2D eigenvalue weighted by Gasteiger charge is -2.27. The van der Waals surface area contributed by atoms with Crippen LogP contribution in [-0.2, 0) is 12.1 Å². The van der Waals surface area contributed by atoms with Crippen molar-refractivity contribution >= 4 is 11.0 Å². The highest BCUT2D eigenvalue weighted by Crippen LogP contribution is 2.29. The largest absolute Gasteiger partial charge is 0.326 e. The number of nitrogens with two attached hydrogens (primary N) is 1. The molecule has 0 unspecified atom stereocenters. The van der Waals surface area contributed by atoms with E-state index in [0.29, 0.717) is 0 Å². The van der Waals surface area contributed by atoms with Crippen molar-refractivity contribution in [1.29, 1.82) is 0 Å². The first-order valence-corrected chi connectivity index (χ1v) is 7.32. The van der Waals surface area contributed by atoms with Crippen molar-refractivity contribution in [1.82, 2.24) is 9.55 Å². The quantitative estimate of drug-likeness (QED) is 0.889. The summed E-state index contributed by atoms with van der Waals surface area (Å²) in [6, 6.07) is 6.47. The Morgan fingerprint density at radius 1 is 1.21 bits per heavy atom. The molecular weight excluding hydrogens is 234 g/mol. The molecule has 0 atom stereocenters. The minimum Gasteiger partial charge on any atom is -0.326 e. The molecule has 0 aliphatic carbocycles. The smallest absolute Gasteiger partial charge is 0.130 e. The van der Waals surface area contributed by atoms with Crippen LogP contribution in [0.15, 0.2) is 18.2 Å². The van der Waals surface area contributed by atoms with Crippen LogP contribution in [0.5, 0.6) is 0 Å². The van der Waals surface area contributed by atoms with Gasteiger partial charge in [0.15, 0.2) is 0 Å². The fourth-order valence-corrected chi connectivity index (χ4v) is 2.64. The van der Waals surface area contributed by atoms with Crippen LogP contribution in [0.25, 0.3) is 11.0 Å². The Labute approximate surface area is 115 Å². The number of benzene rings is 1. The highest BCUT2D eigenvalue weighted by Gasteiger charge is 2.29. The van der Waals surface area contributed by atoms with Crippen molar-refractivity contribution in [3.05, 3.63) is 29.6 Å². The molecule has 0 bridgehead atoms. The summed E-state index contributed by atoms with van der Waals surface area (Å²) in [6.45, 7) is 9.57. The maximum atomic E-state index is 6.57. The van der Waals surface area contributed by atoms with E-state index in [9.17, 15) is 0 Å². The third-order valence-corrected chi connectivity index (χ3v) is 4.06. The molecule has 2 N–H and O–H groups in total. The first-order chi connectivity index (χ1) is 9.05. The second-order valence-corrected chi connectivity index (χ2v) is 5.44. The monoisotopic (exact) mass is 259 g/mol. The second kappa shape index (κ2) is 5.33. The number of hydrogen-bond donors (Lipinski definition) is 1. The van der Waals surface area contributed by atoms with Crippen molar-refractivity contribution in [2.45, 2.75) is 59.0 Å². The van der Waals surface area contributed by atoms with Gasteiger partial charge in [-0.15, -0.1) is 0 Å². The summed E-state index contributed by atoms with van der Waals surface area (Å²) in [5.41, 5.74) is 9.77. The van der Waals surface area contributed by atoms with Crippen LogP contribution in [0.1, 0.15) is 51.4 Å². The zero-order valence-corrected chi connectivity index (χ0v) is 12.5. The molecule has 1 aromatic heterocycles. The van der Waals surface area contributed by atoms with Crippen LogP contribution >= 0.6 is 0 Å². The van der Waals surface area contributed by atoms with Gasteiger partial charge in [0.25, 0.3) is 0 Å². The van der Waals surface area contributed by atoms with Gasteiger partial charge in [-0.3, -0.25) is 0 Å². The maximum Gasteiger partial charge on any atom is 0.130 e. The van der Waals surface area contributed by atoms with Gasteiger partial charge < -0.3 is 10.3 Å². The Morgan fingerprint density at radius 2 is 1.89 bits per heavy atom. The third kappa shape index (κ3) is 2.39. The number of fused-ring (bicyclic) bond motifs is 1. The van der Waals surface area contributed by atoms with E-state index >= 15 is 0 Å². The SMILES string of the molecule is CCCn1c(C(N)(CC)CC)nc2cc(C)ccc21. The van der Waals surface area contributed by atoms with E-state index in [1.54, 1.807) is 0 Å². The van der Waals surface area contributed by atoms with Crippen LogP contribution in [-0.4, -0.2) is 9.55 Å². The van der Waals surface area contributed by atoms with Crippen LogP contribution in [0.2, 0.25) is 0 Å². The van der Waals surface area contributed by atoms with Gasteiger partial charge in [-0.1, -0.05) is 26.8 Å². The van der Waals surface area contributed by atoms with Crippen molar-refractivity contribution in [3.63, 3.8) is 0 Å². The Hall–Kier alpha value is -1.35. The van der Waals surface area contributed by atoms with E-state index in [4.69, 9.17) is 10.7 Å². The average Bonchev–Trinajstić information content (AvgIpc) is 2.77. The highest BCUT2D eigenvalue weighted by atomic mass is 15.1. The normalized spacial score (nSPS) is 12.3. The van der Waals surface area contributed by atoms with E-state index < -0.39 is 0 Å². The molecule has 0 fully saturated rings. The van der Waals surface area contributed by atoms with E-state index in [1.165, 1.54) is 11.1 Å². The summed E-state index contributed by atoms with van der Waals surface area (Å²) in [5, 5.41) is 0. The number of hydrogen-bond acceptors (Lipinski definition) is 2. The Kier molecular flexibility index (Phi) is 3.95. The third-order valence-electron chi connectivity index (χ3n) is 4.06. The van der Waals surface area contributed by atoms with E-state index in [2.05, 4.69) is 50.5 Å². The van der Waals surface area contributed by atoms with Crippen LogP contribution in [0.3, 0.4) is 0 Å². The van der Waals surface area contributed by atoms with Crippen molar-refractivity contribution < 1.29 is 0 Å². The summed E-state index contributed by atoms with van der Waals surface area (Å²) < 4.78 is 2.31. The summed E-state index contributed by atoms with van der Waals surface area (Å²) in [7, 11) is 0. The molecule has 3 nitrogen and oxygen atoms in total. The van der Waals surface area contributed by atoms with Crippen LogP contribution in [0, 0.1) is 6.92 Å². The molecular formula is C16H25N3. The van der Waals surface area contributed by atoms with Gasteiger partial charge in [-0.05, 0) is 43.9 Å². The first-order valence-electron chi connectivity index (χ1n) is 7.32. The van der Waals surface area contributed by atoms with Gasteiger partial charge in [0.05, 0.1) is 16.6 Å². The molecule has 104 valence electrons. The van der Waals surface area contributed by atoms with Gasteiger partial charge in [0, 0.05) is 6.54 Å². The minimum atomic E-state index is -0.317.